The standard InChI is InChI=1S/C12H18N2O/c1-3-14(4-2)9-10-15-12-7-5-11(13)6-8-12/h5-8H,3-4,9-10H2,1-2H3. The van der Waals surface area contributed by atoms with Crippen LogP contribution in [0.1, 0.15) is 13.8 Å². The molecule has 0 fully saturated rings. The molecular weight excluding hydrogens is 188 g/mol. The Morgan fingerprint density at radius 2 is 1.73 bits per heavy atom. The summed E-state index contributed by atoms with van der Waals surface area (Å²) in [6, 6.07) is 6.81. The van der Waals surface area contributed by atoms with E-state index in [0.29, 0.717) is 6.61 Å². The van der Waals surface area contributed by atoms with Crippen molar-refractivity contribution in [2.75, 3.05) is 26.2 Å². The van der Waals surface area contributed by atoms with E-state index in [-0.39, 0.29) is 5.69 Å². The van der Waals surface area contributed by atoms with E-state index in [1.165, 1.54) is 0 Å². The molecule has 1 aromatic rings. The van der Waals surface area contributed by atoms with Gasteiger partial charge in [0.05, 0.1) is 5.69 Å². The first kappa shape index (κ1) is 11.9. The van der Waals surface area contributed by atoms with Gasteiger partial charge in [-0.1, -0.05) is 13.8 Å². The molecule has 3 heteroatoms. The summed E-state index contributed by atoms with van der Waals surface area (Å²) in [7, 11) is 0. The Kier molecular flexibility index (Phi) is 4.98. The van der Waals surface area contributed by atoms with Crippen molar-refractivity contribution in [2.45, 2.75) is 13.8 Å². The molecule has 0 spiro atoms. The van der Waals surface area contributed by atoms with Gasteiger partial charge in [-0.25, -0.2) is 0 Å². The zero-order chi connectivity index (χ0) is 11.1. The molecule has 1 rings (SSSR count). The third-order valence-electron chi connectivity index (χ3n) is 2.41. The average molecular weight is 206 g/mol. The zero-order valence-electron chi connectivity index (χ0n) is 9.44. The van der Waals surface area contributed by atoms with E-state index < -0.39 is 0 Å². The molecule has 0 saturated carbocycles. The van der Waals surface area contributed by atoms with Crippen molar-refractivity contribution in [3.8, 4) is 5.75 Å². The van der Waals surface area contributed by atoms with Gasteiger partial charge in [-0.2, -0.15) is 5.73 Å². The molecule has 2 radical (unpaired) electrons. The van der Waals surface area contributed by atoms with E-state index in [9.17, 15) is 0 Å². The number of ether oxygens (including phenoxy) is 1. The van der Waals surface area contributed by atoms with Gasteiger partial charge in [0.1, 0.15) is 12.4 Å². The molecule has 0 aliphatic rings. The smallest absolute Gasteiger partial charge is 0.119 e. The van der Waals surface area contributed by atoms with E-state index in [0.717, 1.165) is 25.4 Å². The highest BCUT2D eigenvalue weighted by atomic mass is 16.5. The number of likely N-dealkylation sites (N-methyl/N-ethyl adjacent to an activating group) is 1. The first-order valence-electron chi connectivity index (χ1n) is 5.40. The van der Waals surface area contributed by atoms with Crippen molar-refractivity contribution in [3.05, 3.63) is 24.3 Å². The van der Waals surface area contributed by atoms with Crippen LogP contribution in [-0.4, -0.2) is 31.1 Å². The number of benzene rings is 1. The predicted molar refractivity (Wildman–Crippen MR) is 61.5 cm³/mol. The van der Waals surface area contributed by atoms with Crippen LogP contribution >= 0.6 is 0 Å². The third-order valence-corrected chi connectivity index (χ3v) is 2.41. The van der Waals surface area contributed by atoms with Gasteiger partial charge in [0.15, 0.2) is 0 Å². The van der Waals surface area contributed by atoms with Crippen LogP contribution < -0.4 is 10.5 Å². The van der Waals surface area contributed by atoms with Crippen molar-refractivity contribution >= 4 is 5.69 Å². The molecule has 3 nitrogen and oxygen atoms in total. The van der Waals surface area contributed by atoms with Gasteiger partial charge >= 0.3 is 0 Å². The summed E-state index contributed by atoms with van der Waals surface area (Å²) >= 11 is 0. The average Bonchev–Trinajstić information content (AvgIpc) is 2.27. The highest BCUT2D eigenvalue weighted by molar-refractivity contribution is 5.38. The molecule has 0 N–H and O–H groups in total. The molecule has 0 saturated heterocycles. The maximum absolute atomic E-state index is 9.08. The van der Waals surface area contributed by atoms with Crippen LogP contribution in [0.15, 0.2) is 24.3 Å². The summed E-state index contributed by atoms with van der Waals surface area (Å²) < 4.78 is 5.54. The molecule has 0 aliphatic heterocycles. The minimum absolute atomic E-state index is 0.270. The second-order valence-electron chi connectivity index (χ2n) is 3.37. The lowest BCUT2D eigenvalue weighted by atomic mass is 10.3. The summed E-state index contributed by atoms with van der Waals surface area (Å²) in [5.74, 6) is 0.806. The first-order valence-corrected chi connectivity index (χ1v) is 5.40. The predicted octanol–water partition coefficient (Wildman–Crippen LogP) is 2.11. The molecule has 0 unspecified atom stereocenters. The Morgan fingerprint density at radius 1 is 1.13 bits per heavy atom. The first-order chi connectivity index (χ1) is 7.26. The lowest BCUT2D eigenvalue weighted by molar-refractivity contribution is 0.223. The highest BCUT2D eigenvalue weighted by Crippen LogP contribution is 2.13. The summed E-state index contributed by atoms with van der Waals surface area (Å²) in [4.78, 5) is 2.31. The molecule has 82 valence electrons. The molecule has 0 amide bonds. The molecule has 15 heavy (non-hydrogen) atoms. The summed E-state index contributed by atoms with van der Waals surface area (Å²) in [5, 5.41) is 0. The van der Waals surface area contributed by atoms with Gasteiger partial charge in [0.2, 0.25) is 0 Å². The van der Waals surface area contributed by atoms with Crippen LogP contribution in [0.2, 0.25) is 0 Å². The normalized spacial score (nSPS) is 10.6. The lowest BCUT2D eigenvalue weighted by Gasteiger charge is -2.17. The Bertz CT molecular complexity index is 267. The van der Waals surface area contributed by atoms with Crippen LogP contribution in [0.5, 0.6) is 5.75 Å². The van der Waals surface area contributed by atoms with Crippen LogP contribution in [0.4, 0.5) is 5.69 Å². The summed E-state index contributed by atoms with van der Waals surface area (Å²) in [5.41, 5.74) is 9.35. The van der Waals surface area contributed by atoms with Crippen molar-refractivity contribution < 1.29 is 4.74 Å². The van der Waals surface area contributed by atoms with Gasteiger partial charge in [0.25, 0.3) is 0 Å². The van der Waals surface area contributed by atoms with Crippen LogP contribution in [0.25, 0.3) is 0 Å². The lowest BCUT2D eigenvalue weighted by Crippen LogP contribution is -2.27. The highest BCUT2D eigenvalue weighted by Gasteiger charge is 1.99. The van der Waals surface area contributed by atoms with Crippen molar-refractivity contribution in [2.24, 2.45) is 0 Å². The number of hydrogen-bond acceptors (Lipinski definition) is 2. The van der Waals surface area contributed by atoms with Gasteiger partial charge < -0.3 is 9.64 Å². The Balaban J connectivity index is 2.28. The monoisotopic (exact) mass is 206 g/mol. The van der Waals surface area contributed by atoms with E-state index >= 15 is 0 Å². The fourth-order valence-electron chi connectivity index (χ4n) is 1.37. The molecule has 0 aromatic heterocycles. The molecule has 0 atom stereocenters. The summed E-state index contributed by atoms with van der Waals surface area (Å²) in [6.07, 6.45) is 0. The largest absolute Gasteiger partial charge is 0.492 e. The van der Waals surface area contributed by atoms with Crippen molar-refractivity contribution in [1.29, 1.82) is 0 Å². The number of nitrogens with zero attached hydrogens (tertiary/aromatic N) is 2. The fourth-order valence-corrected chi connectivity index (χ4v) is 1.37. The van der Waals surface area contributed by atoms with Crippen molar-refractivity contribution in [1.82, 2.24) is 10.6 Å². The quantitative estimate of drug-likeness (QED) is 0.714. The van der Waals surface area contributed by atoms with E-state index in [1.54, 1.807) is 24.3 Å². The van der Waals surface area contributed by atoms with Crippen LogP contribution in [0.3, 0.4) is 0 Å². The van der Waals surface area contributed by atoms with Gasteiger partial charge in [0, 0.05) is 6.54 Å². The third kappa shape index (κ3) is 4.21. The molecule has 0 heterocycles. The van der Waals surface area contributed by atoms with Gasteiger partial charge in [-0.05, 0) is 37.4 Å². The minimum Gasteiger partial charge on any atom is -0.492 e. The second kappa shape index (κ2) is 6.30. The maximum Gasteiger partial charge on any atom is 0.119 e. The Hall–Kier alpha value is -1.22. The SMILES string of the molecule is CCN(CC)CCOc1ccc([N])cc1. The van der Waals surface area contributed by atoms with Crippen LogP contribution in [0, 0.1) is 0 Å². The van der Waals surface area contributed by atoms with Gasteiger partial charge in [-0.3, -0.25) is 0 Å². The van der Waals surface area contributed by atoms with E-state index in [1.807, 2.05) is 0 Å². The Morgan fingerprint density at radius 3 is 2.27 bits per heavy atom. The summed E-state index contributed by atoms with van der Waals surface area (Å²) in [6.45, 7) is 8.01. The second-order valence-corrected chi connectivity index (χ2v) is 3.37. The molecule has 1 aromatic carbocycles. The number of hydrogen-bond donors (Lipinski definition) is 0. The number of rotatable bonds is 6. The minimum atomic E-state index is 0.270. The van der Waals surface area contributed by atoms with Crippen LogP contribution in [-0.2, 0) is 0 Å². The van der Waals surface area contributed by atoms with Gasteiger partial charge in [-0.15, -0.1) is 0 Å². The topological polar surface area (TPSA) is 34.8 Å². The van der Waals surface area contributed by atoms with Crippen molar-refractivity contribution in [3.63, 3.8) is 0 Å². The molecular formula is C12H18N2O. The molecule has 0 aliphatic carbocycles. The van der Waals surface area contributed by atoms with E-state index in [2.05, 4.69) is 18.7 Å². The van der Waals surface area contributed by atoms with E-state index in [4.69, 9.17) is 10.5 Å². The Labute approximate surface area is 91.8 Å². The molecule has 0 bridgehead atoms. The zero-order valence-corrected chi connectivity index (χ0v) is 9.44. The maximum atomic E-state index is 9.08. The fraction of sp³-hybridized carbons (Fsp3) is 0.500.